The van der Waals surface area contributed by atoms with E-state index in [2.05, 4.69) is 15.3 Å². The Morgan fingerprint density at radius 2 is 2.14 bits per heavy atom. The molecule has 2 aromatic rings. The number of carbonyl (C=O) groups excluding carboxylic acids is 2. The van der Waals surface area contributed by atoms with Gasteiger partial charge in [0.15, 0.2) is 0 Å². The zero-order valence-corrected chi connectivity index (χ0v) is 15.8. The molecule has 146 valence electrons. The summed E-state index contributed by atoms with van der Waals surface area (Å²) < 4.78 is 5.40. The van der Waals surface area contributed by atoms with Gasteiger partial charge in [0.2, 0.25) is 5.88 Å². The van der Waals surface area contributed by atoms with E-state index in [1.807, 2.05) is 4.90 Å². The van der Waals surface area contributed by atoms with Gasteiger partial charge in [-0.2, -0.15) is 0 Å². The number of hydrogen-bond donors (Lipinski definition) is 2. The van der Waals surface area contributed by atoms with Crippen LogP contribution in [-0.2, 0) is 13.1 Å². The number of amides is 2. The summed E-state index contributed by atoms with van der Waals surface area (Å²) in [5.74, 6) is 0.443. The minimum atomic E-state index is -0.282. The first kappa shape index (κ1) is 18.2. The molecule has 0 spiro atoms. The van der Waals surface area contributed by atoms with Crippen LogP contribution >= 0.6 is 0 Å². The average Bonchev–Trinajstić information content (AvgIpc) is 3.33. The van der Waals surface area contributed by atoms with Crippen molar-refractivity contribution in [1.29, 1.82) is 0 Å². The third-order valence-corrected chi connectivity index (χ3v) is 5.39. The molecule has 28 heavy (non-hydrogen) atoms. The van der Waals surface area contributed by atoms with Crippen molar-refractivity contribution in [3.63, 3.8) is 0 Å². The number of anilines is 1. The Kier molecular flexibility index (Phi) is 4.85. The van der Waals surface area contributed by atoms with Crippen LogP contribution in [0.5, 0.6) is 5.88 Å². The zero-order valence-electron chi connectivity index (χ0n) is 15.8. The number of fused-ring (bicyclic) bond motifs is 1. The van der Waals surface area contributed by atoms with Crippen LogP contribution in [0.15, 0.2) is 24.4 Å². The second kappa shape index (κ2) is 7.46. The topological polar surface area (TPSA) is 110 Å². The van der Waals surface area contributed by atoms with Gasteiger partial charge >= 0.3 is 0 Å². The molecule has 1 saturated carbocycles. The van der Waals surface area contributed by atoms with Crippen LogP contribution in [0.25, 0.3) is 0 Å². The van der Waals surface area contributed by atoms with Gasteiger partial charge in [-0.1, -0.05) is 12.8 Å². The molecule has 0 atom stereocenters. The number of methoxy groups -OCH3 is 1. The molecular weight excluding hydrogens is 358 g/mol. The summed E-state index contributed by atoms with van der Waals surface area (Å²) in [5.41, 5.74) is 8.06. The highest BCUT2D eigenvalue weighted by atomic mass is 16.5. The van der Waals surface area contributed by atoms with E-state index in [0.29, 0.717) is 35.2 Å². The number of nitrogen functional groups attached to an aromatic ring is 1. The molecule has 2 amide bonds. The van der Waals surface area contributed by atoms with Gasteiger partial charge in [0.05, 0.1) is 24.9 Å². The first-order valence-electron chi connectivity index (χ1n) is 9.44. The lowest BCUT2D eigenvalue weighted by atomic mass is 10.1. The highest BCUT2D eigenvalue weighted by Crippen LogP contribution is 2.33. The molecule has 8 heteroatoms. The highest BCUT2D eigenvalue weighted by molar-refractivity contribution is 5.98. The molecule has 0 aromatic carbocycles. The maximum atomic E-state index is 12.9. The van der Waals surface area contributed by atoms with Crippen molar-refractivity contribution in [1.82, 2.24) is 20.2 Å². The molecule has 3 heterocycles. The van der Waals surface area contributed by atoms with E-state index in [0.717, 1.165) is 18.5 Å². The number of rotatable bonds is 5. The monoisotopic (exact) mass is 381 g/mol. The third kappa shape index (κ3) is 3.37. The first-order valence-corrected chi connectivity index (χ1v) is 9.44. The van der Waals surface area contributed by atoms with Crippen molar-refractivity contribution < 1.29 is 14.3 Å². The lowest BCUT2D eigenvalue weighted by Crippen LogP contribution is -2.33. The maximum absolute atomic E-state index is 12.9. The summed E-state index contributed by atoms with van der Waals surface area (Å²) in [7, 11) is 1.54. The summed E-state index contributed by atoms with van der Waals surface area (Å²) in [4.78, 5) is 35.6. The number of hydrogen-bond acceptors (Lipinski definition) is 6. The number of nitrogens with one attached hydrogen (secondary N) is 1. The molecule has 0 unspecified atom stereocenters. The van der Waals surface area contributed by atoms with Gasteiger partial charge in [0, 0.05) is 29.9 Å². The fourth-order valence-corrected chi connectivity index (χ4v) is 3.95. The van der Waals surface area contributed by atoms with E-state index in [1.54, 1.807) is 12.1 Å². The molecule has 3 N–H and O–H groups in total. The maximum Gasteiger partial charge on any atom is 0.256 e. The molecule has 2 aliphatic rings. The van der Waals surface area contributed by atoms with Crippen molar-refractivity contribution >= 4 is 17.6 Å². The molecule has 1 aliphatic carbocycles. The molecule has 2 aromatic heterocycles. The number of carbonyl (C=O) groups is 2. The smallest absolute Gasteiger partial charge is 0.256 e. The lowest BCUT2D eigenvalue weighted by Gasteiger charge is -2.22. The van der Waals surface area contributed by atoms with Crippen molar-refractivity contribution in [2.45, 2.75) is 44.8 Å². The Morgan fingerprint density at radius 3 is 2.86 bits per heavy atom. The van der Waals surface area contributed by atoms with Crippen LogP contribution < -0.4 is 15.8 Å². The normalized spacial score (nSPS) is 16.3. The van der Waals surface area contributed by atoms with E-state index in [4.69, 9.17) is 10.5 Å². The Hall–Kier alpha value is -3.16. The number of nitrogens with two attached hydrogens (primary N) is 1. The highest BCUT2D eigenvalue weighted by Gasteiger charge is 2.35. The number of nitrogens with zero attached hydrogens (tertiary/aromatic N) is 3. The SMILES string of the molecule is COc1nc2c(cc1CNC(=O)c1ccnc(N)c1)C(=O)N(C1CCCC1)C2. The Balaban J connectivity index is 1.52. The van der Waals surface area contributed by atoms with Crippen molar-refractivity contribution in [2.24, 2.45) is 0 Å². The fourth-order valence-electron chi connectivity index (χ4n) is 3.95. The van der Waals surface area contributed by atoms with Gasteiger partial charge in [0.1, 0.15) is 5.82 Å². The van der Waals surface area contributed by atoms with E-state index in [1.165, 1.54) is 32.2 Å². The van der Waals surface area contributed by atoms with Crippen LogP contribution in [0.3, 0.4) is 0 Å². The van der Waals surface area contributed by atoms with Gasteiger partial charge in [0.25, 0.3) is 11.8 Å². The van der Waals surface area contributed by atoms with Crippen LogP contribution in [-0.4, -0.2) is 39.8 Å². The Labute approximate surface area is 163 Å². The van der Waals surface area contributed by atoms with Gasteiger partial charge in [-0.3, -0.25) is 9.59 Å². The summed E-state index contributed by atoms with van der Waals surface area (Å²) in [5, 5.41) is 2.82. The van der Waals surface area contributed by atoms with Crippen LogP contribution in [0.4, 0.5) is 5.82 Å². The zero-order chi connectivity index (χ0) is 19.7. The van der Waals surface area contributed by atoms with Crippen molar-refractivity contribution in [2.75, 3.05) is 12.8 Å². The molecule has 4 rings (SSSR count). The van der Waals surface area contributed by atoms with Gasteiger partial charge in [-0.15, -0.1) is 0 Å². The van der Waals surface area contributed by atoms with Gasteiger partial charge in [-0.05, 0) is 31.0 Å². The third-order valence-electron chi connectivity index (χ3n) is 5.39. The van der Waals surface area contributed by atoms with Gasteiger partial charge < -0.3 is 20.7 Å². The van der Waals surface area contributed by atoms with E-state index in [-0.39, 0.29) is 24.2 Å². The van der Waals surface area contributed by atoms with Crippen molar-refractivity contribution in [3.8, 4) is 5.88 Å². The minimum absolute atomic E-state index is 0.0199. The Bertz CT molecular complexity index is 924. The van der Waals surface area contributed by atoms with E-state index >= 15 is 0 Å². The summed E-state index contributed by atoms with van der Waals surface area (Å²) in [6, 6.07) is 5.19. The Morgan fingerprint density at radius 1 is 1.36 bits per heavy atom. The number of aromatic nitrogens is 2. The summed E-state index contributed by atoms with van der Waals surface area (Å²) in [6.07, 6.45) is 5.92. The summed E-state index contributed by atoms with van der Waals surface area (Å²) in [6.45, 7) is 0.722. The van der Waals surface area contributed by atoms with Gasteiger partial charge in [-0.25, -0.2) is 9.97 Å². The fraction of sp³-hybridized carbons (Fsp3) is 0.400. The minimum Gasteiger partial charge on any atom is -0.481 e. The van der Waals surface area contributed by atoms with E-state index in [9.17, 15) is 9.59 Å². The van der Waals surface area contributed by atoms with Crippen LogP contribution in [0, 0.1) is 0 Å². The quantitative estimate of drug-likeness (QED) is 0.818. The standard InChI is InChI=1S/C20H23N5O3/c1-28-19-13(10-23-18(26)12-6-7-22-17(21)9-12)8-15-16(24-19)11-25(20(15)27)14-4-2-3-5-14/h6-9,14H,2-5,10-11H2,1H3,(H2,21,22)(H,23,26). The largest absolute Gasteiger partial charge is 0.481 e. The summed E-state index contributed by atoms with van der Waals surface area (Å²) >= 11 is 0. The van der Waals surface area contributed by atoms with Crippen LogP contribution in [0.2, 0.25) is 0 Å². The average molecular weight is 381 g/mol. The predicted molar refractivity (Wildman–Crippen MR) is 103 cm³/mol. The van der Waals surface area contributed by atoms with Crippen LogP contribution in [0.1, 0.15) is 57.7 Å². The molecule has 0 saturated heterocycles. The first-order chi connectivity index (χ1) is 13.6. The second-order valence-corrected chi connectivity index (χ2v) is 7.17. The lowest BCUT2D eigenvalue weighted by molar-refractivity contribution is 0.0706. The molecule has 1 aliphatic heterocycles. The molecule has 0 bridgehead atoms. The van der Waals surface area contributed by atoms with E-state index < -0.39 is 0 Å². The molecule has 0 radical (unpaired) electrons. The number of ether oxygens (including phenoxy) is 1. The predicted octanol–water partition coefficient (Wildman–Crippen LogP) is 1.90. The second-order valence-electron chi connectivity index (χ2n) is 7.17. The number of pyridine rings is 2. The molecule has 8 nitrogen and oxygen atoms in total. The molecule has 1 fully saturated rings. The van der Waals surface area contributed by atoms with Crippen molar-refractivity contribution in [3.05, 3.63) is 46.8 Å². The molecular formula is C20H23N5O3.